The Balaban J connectivity index is 1.72. The van der Waals surface area contributed by atoms with Gasteiger partial charge in [0.25, 0.3) is 0 Å². The van der Waals surface area contributed by atoms with Crippen LogP contribution in [0.25, 0.3) is 0 Å². The number of likely N-dealkylation sites (N-methyl/N-ethyl adjacent to an activating group) is 1. The number of hydrogen-bond acceptors (Lipinski definition) is 3. The monoisotopic (exact) mass is 298 g/mol. The van der Waals surface area contributed by atoms with E-state index in [0.29, 0.717) is 19.6 Å². The van der Waals surface area contributed by atoms with E-state index in [1.54, 1.807) is 18.9 Å². The lowest BCUT2D eigenvalue weighted by atomic mass is 9.85. The van der Waals surface area contributed by atoms with Gasteiger partial charge in [0.05, 0.1) is 12.0 Å². The summed E-state index contributed by atoms with van der Waals surface area (Å²) in [5.41, 5.74) is -0.848. The van der Waals surface area contributed by atoms with E-state index in [9.17, 15) is 14.7 Å². The molecular weight excluding hydrogens is 272 g/mol. The van der Waals surface area contributed by atoms with Crippen molar-refractivity contribution in [1.29, 1.82) is 0 Å². The molecule has 0 saturated heterocycles. The van der Waals surface area contributed by atoms with Crippen molar-refractivity contribution in [3.05, 3.63) is 0 Å². The summed E-state index contributed by atoms with van der Waals surface area (Å²) in [4.78, 5) is 25.1. The number of nitrogens with zero attached hydrogens (tertiary/aromatic N) is 1. The third-order valence-corrected chi connectivity index (χ3v) is 4.71. The predicted molar refractivity (Wildman–Crippen MR) is 78.1 cm³/mol. The molecule has 6 heteroatoms. The molecule has 0 spiro atoms. The van der Waals surface area contributed by atoms with E-state index in [4.69, 9.17) is 4.74 Å². The number of rotatable bonds is 7. The van der Waals surface area contributed by atoms with Crippen LogP contribution in [0.4, 0.5) is 4.79 Å². The van der Waals surface area contributed by atoms with Crippen LogP contribution in [0.3, 0.4) is 0 Å². The van der Waals surface area contributed by atoms with Crippen LogP contribution >= 0.6 is 0 Å². The van der Waals surface area contributed by atoms with Crippen molar-refractivity contribution in [2.75, 3.05) is 26.8 Å². The molecule has 2 aliphatic carbocycles. The van der Waals surface area contributed by atoms with E-state index in [0.717, 1.165) is 25.4 Å². The summed E-state index contributed by atoms with van der Waals surface area (Å²) >= 11 is 0. The standard InChI is InChI=1S/C15H26N2O4/c1-15(13(18)19)7-3-4-12(15)16-14(20)17(2)8-9-21-10-11-5-6-11/h11-12H,3-10H2,1-2H3,(H,16,20)(H,18,19). The fraction of sp³-hybridized carbons (Fsp3) is 0.867. The molecule has 2 amide bonds. The number of carbonyl (C=O) groups is 2. The van der Waals surface area contributed by atoms with Gasteiger partial charge >= 0.3 is 12.0 Å². The van der Waals surface area contributed by atoms with Crippen molar-refractivity contribution in [2.24, 2.45) is 11.3 Å². The number of amides is 2. The van der Waals surface area contributed by atoms with Crippen molar-refractivity contribution in [2.45, 2.75) is 45.1 Å². The predicted octanol–water partition coefficient (Wildman–Crippen LogP) is 1.70. The van der Waals surface area contributed by atoms with E-state index in [1.807, 2.05) is 0 Å². The highest BCUT2D eigenvalue weighted by atomic mass is 16.5. The number of carbonyl (C=O) groups excluding carboxylic acids is 1. The fourth-order valence-corrected chi connectivity index (χ4v) is 2.75. The summed E-state index contributed by atoms with van der Waals surface area (Å²) in [5.74, 6) is -0.111. The van der Waals surface area contributed by atoms with E-state index in [-0.39, 0.29) is 12.1 Å². The zero-order valence-electron chi connectivity index (χ0n) is 12.9. The second kappa shape index (κ2) is 6.64. The Morgan fingerprint density at radius 2 is 2.10 bits per heavy atom. The average Bonchev–Trinajstić information content (AvgIpc) is 3.19. The zero-order valence-corrected chi connectivity index (χ0v) is 12.9. The Kier molecular flexibility index (Phi) is 5.08. The molecule has 0 aromatic heterocycles. The first-order chi connectivity index (χ1) is 9.93. The highest BCUT2D eigenvalue weighted by Crippen LogP contribution is 2.38. The third kappa shape index (κ3) is 4.09. The lowest BCUT2D eigenvalue weighted by Gasteiger charge is -2.29. The maximum Gasteiger partial charge on any atom is 0.317 e. The van der Waals surface area contributed by atoms with Crippen LogP contribution in [-0.2, 0) is 9.53 Å². The quantitative estimate of drug-likeness (QED) is 0.701. The second-order valence-corrected chi connectivity index (χ2v) is 6.56. The molecule has 2 N–H and O–H groups in total. The van der Waals surface area contributed by atoms with Crippen molar-refractivity contribution in [3.63, 3.8) is 0 Å². The number of hydrogen-bond donors (Lipinski definition) is 2. The lowest BCUT2D eigenvalue weighted by molar-refractivity contribution is -0.148. The number of carboxylic acids is 1. The van der Waals surface area contributed by atoms with E-state index in [2.05, 4.69) is 5.32 Å². The molecule has 120 valence electrons. The van der Waals surface area contributed by atoms with Crippen LogP contribution in [0.2, 0.25) is 0 Å². The van der Waals surface area contributed by atoms with E-state index < -0.39 is 11.4 Å². The first-order valence-electron chi connectivity index (χ1n) is 7.76. The zero-order chi connectivity index (χ0) is 15.5. The van der Waals surface area contributed by atoms with Crippen molar-refractivity contribution in [1.82, 2.24) is 10.2 Å². The minimum absolute atomic E-state index is 0.218. The van der Waals surface area contributed by atoms with Gasteiger partial charge < -0.3 is 20.1 Å². The molecule has 2 aliphatic rings. The lowest BCUT2D eigenvalue weighted by Crippen LogP contribution is -2.51. The number of aliphatic carboxylic acids is 1. The Labute approximate surface area is 125 Å². The van der Waals surface area contributed by atoms with Crippen molar-refractivity contribution < 1.29 is 19.4 Å². The number of ether oxygens (including phenoxy) is 1. The van der Waals surface area contributed by atoms with Crippen LogP contribution in [0, 0.1) is 11.3 Å². The Morgan fingerprint density at radius 3 is 2.71 bits per heavy atom. The molecule has 2 rings (SSSR count). The van der Waals surface area contributed by atoms with Gasteiger partial charge in [-0.3, -0.25) is 4.79 Å². The average molecular weight is 298 g/mol. The molecule has 2 saturated carbocycles. The van der Waals surface area contributed by atoms with Gasteiger partial charge in [0, 0.05) is 26.2 Å². The van der Waals surface area contributed by atoms with Crippen LogP contribution in [-0.4, -0.2) is 54.9 Å². The highest BCUT2D eigenvalue weighted by molar-refractivity contribution is 5.79. The summed E-state index contributed by atoms with van der Waals surface area (Å²) in [6, 6.07) is -0.512. The fourth-order valence-electron chi connectivity index (χ4n) is 2.75. The molecule has 0 aliphatic heterocycles. The topological polar surface area (TPSA) is 78.9 Å². The largest absolute Gasteiger partial charge is 0.481 e. The van der Waals surface area contributed by atoms with Crippen molar-refractivity contribution >= 4 is 12.0 Å². The van der Waals surface area contributed by atoms with Gasteiger partial charge in [-0.1, -0.05) is 6.42 Å². The normalized spacial score (nSPS) is 28.4. The van der Waals surface area contributed by atoms with Gasteiger partial charge in [-0.25, -0.2) is 4.79 Å². The number of nitrogens with one attached hydrogen (secondary N) is 1. The van der Waals surface area contributed by atoms with Gasteiger partial charge in [0.1, 0.15) is 0 Å². The molecule has 21 heavy (non-hydrogen) atoms. The highest BCUT2D eigenvalue weighted by Gasteiger charge is 2.46. The Morgan fingerprint density at radius 1 is 1.38 bits per heavy atom. The molecule has 0 radical (unpaired) electrons. The first kappa shape index (κ1) is 16.1. The van der Waals surface area contributed by atoms with Gasteiger partial charge in [0.2, 0.25) is 0 Å². The Hall–Kier alpha value is -1.30. The Bertz CT molecular complexity index is 397. The van der Waals surface area contributed by atoms with Gasteiger partial charge in [0.15, 0.2) is 0 Å². The molecule has 0 bridgehead atoms. The molecule has 2 fully saturated rings. The minimum atomic E-state index is -0.848. The summed E-state index contributed by atoms with van der Waals surface area (Å²) in [7, 11) is 1.71. The molecule has 6 nitrogen and oxygen atoms in total. The minimum Gasteiger partial charge on any atom is -0.481 e. The van der Waals surface area contributed by atoms with Gasteiger partial charge in [-0.2, -0.15) is 0 Å². The summed E-state index contributed by atoms with van der Waals surface area (Å²) < 4.78 is 5.51. The number of carboxylic acid groups (broad SMARTS) is 1. The van der Waals surface area contributed by atoms with Crippen LogP contribution < -0.4 is 5.32 Å². The molecule has 0 aromatic carbocycles. The SMILES string of the molecule is CN(CCOCC1CC1)C(=O)NC1CCCC1(C)C(=O)O. The van der Waals surface area contributed by atoms with Gasteiger partial charge in [-0.15, -0.1) is 0 Å². The van der Waals surface area contributed by atoms with E-state index in [1.165, 1.54) is 12.8 Å². The van der Waals surface area contributed by atoms with Crippen molar-refractivity contribution in [3.8, 4) is 0 Å². The molecule has 0 aromatic rings. The summed E-state index contributed by atoms with van der Waals surface area (Å²) in [6.07, 6.45) is 4.68. The number of urea groups is 1. The van der Waals surface area contributed by atoms with Crippen LogP contribution in [0.1, 0.15) is 39.0 Å². The van der Waals surface area contributed by atoms with Crippen LogP contribution in [0.5, 0.6) is 0 Å². The molecule has 2 atom stereocenters. The van der Waals surface area contributed by atoms with Crippen LogP contribution in [0.15, 0.2) is 0 Å². The maximum atomic E-state index is 12.1. The van der Waals surface area contributed by atoms with E-state index >= 15 is 0 Å². The molecule has 2 unspecified atom stereocenters. The third-order valence-electron chi connectivity index (χ3n) is 4.71. The summed E-state index contributed by atoms with van der Waals surface area (Å²) in [5, 5.41) is 12.2. The molecular formula is C15H26N2O4. The second-order valence-electron chi connectivity index (χ2n) is 6.56. The van der Waals surface area contributed by atoms with Gasteiger partial charge in [-0.05, 0) is 38.5 Å². The maximum absolute atomic E-state index is 12.1. The molecule has 0 heterocycles. The smallest absolute Gasteiger partial charge is 0.317 e. The first-order valence-corrected chi connectivity index (χ1v) is 7.76. The summed E-state index contributed by atoms with van der Waals surface area (Å²) in [6.45, 7) is 3.55.